The number of thiophene rings is 1. The first-order valence-electron chi connectivity index (χ1n) is 9.04. The Morgan fingerprint density at radius 3 is 2.43 bits per heavy atom. The van der Waals surface area contributed by atoms with E-state index in [4.69, 9.17) is 12.2 Å². The van der Waals surface area contributed by atoms with Crippen molar-refractivity contribution in [3.05, 3.63) is 76.7 Å². The Morgan fingerprint density at radius 2 is 1.82 bits per heavy atom. The Labute approximate surface area is 175 Å². The standard InChI is InChI=1S/C22H23N3OS2/c1-4-16-8-5-6-9-18(16)23-22(27)20(21(26)19-10-7-15-28-19)25-13-11-17(12-14-25)24(2)3/h5-15H,4H2,1-3H3,(H-,23,26,27). The van der Waals surface area contributed by atoms with Crippen molar-refractivity contribution in [3.8, 4) is 0 Å². The van der Waals surface area contributed by atoms with Gasteiger partial charge in [0.2, 0.25) is 5.70 Å². The molecule has 0 fully saturated rings. The SMILES string of the molecule is CCc1ccccc1NC(=S)C(=C([O-])c1cccs1)[n+]1ccc(N(C)C)cc1. The maximum atomic E-state index is 13.2. The predicted molar refractivity (Wildman–Crippen MR) is 120 cm³/mol. The van der Waals surface area contributed by atoms with Crippen LogP contribution in [0.1, 0.15) is 17.4 Å². The summed E-state index contributed by atoms with van der Waals surface area (Å²) >= 11 is 7.10. The molecule has 0 aliphatic rings. The highest BCUT2D eigenvalue weighted by atomic mass is 32.1. The van der Waals surface area contributed by atoms with Crippen molar-refractivity contribution in [2.75, 3.05) is 24.3 Å². The molecule has 0 bridgehead atoms. The molecule has 0 saturated heterocycles. The zero-order valence-corrected chi connectivity index (χ0v) is 17.8. The van der Waals surface area contributed by atoms with E-state index in [1.165, 1.54) is 11.3 Å². The molecule has 28 heavy (non-hydrogen) atoms. The van der Waals surface area contributed by atoms with Crippen LogP contribution in [-0.4, -0.2) is 19.1 Å². The van der Waals surface area contributed by atoms with Crippen LogP contribution in [0.4, 0.5) is 11.4 Å². The quantitative estimate of drug-likeness (QED) is 0.291. The van der Waals surface area contributed by atoms with E-state index in [0.717, 1.165) is 23.4 Å². The first-order chi connectivity index (χ1) is 13.5. The molecule has 0 atom stereocenters. The third kappa shape index (κ3) is 4.40. The van der Waals surface area contributed by atoms with Gasteiger partial charge in [0.15, 0.2) is 17.4 Å². The Bertz CT molecular complexity index is 977. The average Bonchev–Trinajstić information content (AvgIpc) is 3.24. The first kappa shape index (κ1) is 20.0. The predicted octanol–water partition coefficient (Wildman–Crippen LogP) is 3.79. The van der Waals surface area contributed by atoms with Crippen molar-refractivity contribution in [1.29, 1.82) is 0 Å². The molecule has 6 heteroatoms. The van der Waals surface area contributed by atoms with E-state index in [1.807, 2.05) is 79.2 Å². The van der Waals surface area contributed by atoms with Gasteiger partial charge in [0.1, 0.15) is 0 Å². The number of hydrogen-bond acceptors (Lipinski definition) is 4. The van der Waals surface area contributed by atoms with Crippen LogP contribution in [0.5, 0.6) is 0 Å². The molecule has 0 aliphatic carbocycles. The molecular formula is C22H23N3OS2. The van der Waals surface area contributed by atoms with E-state index < -0.39 is 0 Å². The Morgan fingerprint density at radius 1 is 1.11 bits per heavy atom. The second kappa shape index (κ2) is 8.99. The van der Waals surface area contributed by atoms with E-state index in [9.17, 15) is 5.11 Å². The topological polar surface area (TPSA) is 42.2 Å². The summed E-state index contributed by atoms with van der Waals surface area (Å²) in [4.78, 5) is 3.08. The van der Waals surface area contributed by atoms with Crippen LogP contribution in [-0.2, 0) is 6.42 Å². The molecule has 1 aromatic carbocycles. The fourth-order valence-electron chi connectivity index (χ4n) is 2.86. The van der Waals surface area contributed by atoms with Gasteiger partial charge in [-0.2, -0.15) is 4.57 Å². The molecule has 4 nitrogen and oxygen atoms in total. The van der Waals surface area contributed by atoms with Gasteiger partial charge < -0.3 is 15.3 Å². The monoisotopic (exact) mass is 409 g/mol. The van der Waals surface area contributed by atoms with Crippen molar-refractivity contribution in [3.63, 3.8) is 0 Å². The first-order valence-corrected chi connectivity index (χ1v) is 10.3. The van der Waals surface area contributed by atoms with E-state index in [1.54, 1.807) is 4.57 Å². The normalized spacial score (nSPS) is 11.7. The summed E-state index contributed by atoms with van der Waals surface area (Å²) in [5, 5.41) is 18.4. The number of pyridine rings is 1. The highest BCUT2D eigenvalue weighted by Gasteiger charge is 2.20. The van der Waals surface area contributed by atoms with Gasteiger partial charge in [-0.3, -0.25) is 0 Å². The maximum Gasteiger partial charge on any atom is 0.239 e. The molecule has 0 amide bonds. The summed E-state index contributed by atoms with van der Waals surface area (Å²) in [7, 11) is 3.96. The van der Waals surface area contributed by atoms with Crippen molar-refractivity contribution in [1.82, 2.24) is 0 Å². The van der Waals surface area contributed by atoms with Gasteiger partial charge in [-0.15, -0.1) is 11.3 Å². The van der Waals surface area contributed by atoms with Crippen molar-refractivity contribution in [2.45, 2.75) is 13.3 Å². The molecular weight excluding hydrogens is 386 g/mol. The van der Waals surface area contributed by atoms with E-state index >= 15 is 0 Å². The molecule has 2 heterocycles. The van der Waals surface area contributed by atoms with Crippen LogP contribution in [0.2, 0.25) is 0 Å². The third-order valence-electron chi connectivity index (χ3n) is 4.41. The van der Waals surface area contributed by atoms with Gasteiger partial charge in [0.25, 0.3) is 0 Å². The van der Waals surface area contributed by atoms with Gasteiger partial charge >= 0.3 is 0 Å². The van der Waals surface area contributed by atoms with Crippen LogP contribution in [0.15, 0.2) is 66.3 Å². The Balaban J connectivity index is 2.04. The van der Waals surface area contributed by atoms with Crippen molar-refractivity contribution >= 4 is 51.4 Å². The van der Waals surface area contributed by atoms with E-state index in [0.29, 0.717) is 15.6 Å². The number of anilines is 2. The van der Waals surface area contributed by atoms with Crippen molar-refractivity contribution < 1.29 is 9.67 Å². The van der Waals surface area contributed by atoms with Crippen LogP contribution >= 0.6 is 23.6 Å². The fraction of sp³-hybridized carbons (Fsp3) is 0.182. The van der Waals surface area contributed by atoms with Crippen LogP contribution in [0.25, 0.3) is 11.5 Å². The number of para-hydroxylation sites is 1. The second-order valence-corrected chi connectivity index (χ2v) is 7.83. The Hall–Kier alpha value is -2.70. The largest absolute Gasteiger partial charge is 0.867 e. The van der Waals surface area contributed by atoms with E-state index in [-0.39, 0.29) is 5.76 Å². The molecule has 0 radical (unpaired) electrons. The van der Waals surface area contributed by atoms with Crippen molar-refractivity contribution in [2.24, 2.45) is 0 Å². The highest BCUT2D eigenvalue weighted by molar-refractivity contribution is 7.81. The molecule has 0 unspecified atom stereocenters. The highest BCUT2D eigenvalue weighted by Crippen LogP contribution is 2.22. The summed E-state index contributed by atoms with van der Waals surface area (Å²) in [6, 6.07) is 15.6. The zero-order chi connectivity index (χ0) is 20.1. The van der Waals surface area contributed by atoms with Gasteiger partial charge in [-0.05, 0) is 35.3 Å². The second-order valence-electron chi connectivity index (χ2n) is 6.48. The molecule has 0 spiro atoms. The summed E-state index contributed by atoms with van der Waals surface area (Å²) in [6.07, 6.45) is 4.62. The number of rotatable bonds is 6. The lowest BCUT2D eigenvalue weighted by molar-refractivity contribution is -0.577. The van der Waals surface area contributed by atoms with Crippen LogP contribution in [0, 0.1) is 0 Å². The molecule has 3 aromatic rings. The molecule has 0 aliphatic heterocycles. The molecule has 0 saturated carbocycles. The van der Waals surface area contributed by atoms with E-state index in [2.05, 4.69) is 18.3 Å². The summed E-state index contributed by atoms with van der Waals surface area (Å²) in [5.41, 5.74) is 3.57. The summed E-state index contributed by atoms with van der Waals surface area (Å²) in [6.45, 7) is 2.10. The smallest absolute Gasteiger partial charge is 0.239 e. The minimum absolute atomic E-state index is 0.0934. The average molecular weight is 410 g/mol. The lowest BCUT2D eigenvalue weighted by atomic mass is 10.1. The minimum Gasteiger partial charge on any atom is -0.867 e. The number of aromatic nitrogens is 1. The summed E-state index contributed by atoms with van der Waals surface area (Å²) in [5.74, 6) is -0.0934. The number of thiocarbonyl (C=S) groups is 1. The number of aryl methyl sites for hydroxylation is 1. The number of nitrogens with zero attached hydrogens (tertiary/aromatic N) is 2. The molecule has 3 rings (SSSR count). The number of nitrogens with one attached hydrogen (secondary N) is 1. The van der Waals surface area contributed by atoms with Crippen LogP contribution in [0.3, 0.4) is 0 Å². The molecule has 2 aromatic heterocycles. The number of hydrogen-bond donors (Lipinski definition) is 1. The lowest BCUT2D eigenvalue weighted by Gasteiger charge is -2.17. The van der Waals surface area contributed by atoms with Gasteiger partial charge in [-0.1, -0.05) is 43.4 Å². The molecule has 1 N–H and O–H groups in total. The summed E-state index contributed by atoms with van der Waals surface area (Å²) < 4.78 is 1.79. The van der Waals surface area contributed by atoms with Gasteiger partial charge in [0, 0.05) is 42.5 Å². The minimum atomic E-state index is -0.0934. The zero-order valence-electron chi connectivity index (χ0n) is 16.2. The van der Waals surface area contributed by atoms with Crippen LogP contribution < -0.4 is 19.9 Å². The molecule has 144 valence electrons. The number of benzene rings is 1. The van der Waals surface area contributed by atoms with Gasteiger partial charge in [0.05, 0.1) is 0 Å². The fourth-order valence-corrected chi connectivity index (χ4v) is 3.83. The van der Waals surface area contributed by atoms with Gasteiger partial charge in [-0.25, -0.2) is 0 Å². The third-order valence-corrected chi connectivity index (χ3v) is 5.57. The Kier molecular flexibility index (Phi) is 6.44. The maximum absolute atomic E-state index is 13.2. The lowest BCUT2D eigenvalue weighted by Crippen LogP contribution is -2.40.